The van der Waals surface area contributed by atoms with Gasteiger partial charge in [-0.2, -0.15) is 0 Å². The molecule has 2 N–H and O–H groups in total. The van der Waals surface area contributed by atoms with Crippen molar-refractivity contribution >= 4 is 0 Å². The molecule has 2 heterocycles. The van der Waals surface area contributed by atoms with Crippen molar-refractivity contribution in [1.82, 2.24) is 14.8 Å². The summed E-state index contributed by atoms with van der Waals surface area (Å²) in [6, 6.07) is 6.48. The highest BCUT2D eigenvalue weighted by atomic mass is 15.3. The van der Waals surface area contributed by atoms with E-state index in [1.54, 1.807) is 0 Å². The maximum atomic E-state index is 5.76. The van der Waals surface area contributed by atoms with Crippen LogP contribution in [0.25, 0.3) is 11.4 Å². The van der Waals surface area contributed by atoms with Crippen molar-refractivity contribution in [2.75, 3.05) is 6.54 Å². The first-order valence-electron chi connectivity index (χ1n) is 6.89. The van der Waals surface area contributed by atoms with E-state index >= 15 is 0 Å². The van der Waals surface area contributed by atoms with Gasteiger partial charge in [-0.05, 0) is 49.9 Å². The Bertz CT molecular complexity index is 600. The molecular weight excluding hydrogens is 236 g/mol. The standard InChI is InChI=1S/C15H20N4/c1-10-3-4-13(7-11(10)2)15-18-17-14-8-12(9-16)5-6-19(14)15/h3-4,7,12H,5-6,8-9,16H2,1-2H3. The lowest BCUT2D eigenvalue weighted by atomic mass is 9.98. The van der Waals surface area contributed by atoms with Crippen LogP contribution in [0.4, 0.5) is 0 Å². The zero-order chi connectivity index (χ0) is 13.4. The highest BCUT2D eigenvalue weighted by Gasteiger charge is 2.22. The molecule has 3 rings (SSSR count). The zero-order valence-corrected chi connectivity index (χ0v) is 11.6. The molecule has 1 aliphatic heterocycles. The molecular formula is C15H20N4. The van der Waals surface area contributed by atoms with Crippen LogP contribution in [0.3, 0.4) is 0 Å². The van der Waals surface area contributed by atoms with Crippen molar-refractivity contribution in [3.63, 3.8) is 0 Å². The second-order valence-corrected chi connectivity index (χ2v) is 5.49. The molecule has 4 nitrogen and oxygen atoms in total. The smallest absolute Gasteiger partial charge is 0.163 e. The molecule has 0 saturated carbocycles. The summed E-state index contributed by atoms with van der Waals surface area (Å²) in [5.41, 5.74) is 9.52. The Morgan fingerprint density at radius 2 is 2.11 bits per heavy atom. The van der Waals surface area contributed by atoms with Crippen LogP contribution in [0.2, 0.25) is 0 Å². The first-order valence-corrected chi connectivity index (χ1v) is 6.89. The van der Waals surface area contributed by atoms with Crippen molar-refractivity contribution in [2.45, 2.75) is 33.2 Å². The predicted octanol–water partition coefficient (Wildman–Crippen LogP) is 2.08. The van der Waals surface area contributed by atoms with Gasteiger partial charge < -0.3 is 10.3 Å². The van der Waals surface area contributed by atoms with E-state index in [2.05, 4.69) is 46.8 Å². The minimum absolute atomic E-state index is 0.560. The van der Waals surface area contributed by atoms with Gasteiger partial charge >= 0.3 is 0 Å². The Labute approximate surface area is 113 Å². The van der Waals surface area contributed by atoms with Crippen molar-refractivity contribution in [1.29, 1.82) is 0 Å². The monoisotopic (exact) mass is 256 g/mol. The van der Waals surface area contributed by atoms with Gasteiger partial charge in [-0.15, -0.1) is 10.2 Å². The lowest BCUT2D eigenvalue weighted by Gasteiger charge is -2.22. The molecule has 100 valence electrons. The average Bonchev–Trinajstić information content (AvgIpc) is 2.84. The number of fused-ring (bicyclic) bond motifs is 1. The molecule has 0 spiro atoms. The van der Waals surface area contributed by atoms with E-state index in [0.717, 1.165) is 43.1 Å². The molecule has 1 aromatic heterocycles. The summed E-state index contributed by atoms with van der Waals surface area (Å²) in [7, 11) is 0. The zero-order valence-electron chi connectivity index (χ0n) is 11.6. The van der Waals surface area contributed by atoms with E-state index in [4.69, 9.17) is 5.73 Å². The van der Waals surface area contributed by atoms with Gasteiger partial charge in [0.25, 0.3) is 0 Å². The molecule has 1 atom stereocenters. The maximum Gasteiger partial charge on any atom is 0.163 e. The number of rotatable bonds is 2. The van der Waals surface area contributed by atoms with Gasteiger partial charge in [-0.3, -0.25) is 0 Å². The number of nitrogens with two attached hydrogens (primary N) is 1. The fourth-order valence-corrected chi connectivity index (χ4v) is 2.69. The Morgan fingerprint density at radius 3 is 2.84 bits per heavy atom. The van der Waals surface area contributed by atoms with Crippen LogP contribution in [0.1, 0.15) is 23.4 Å². The predicted molar refractivity (Wildman–Crippen MR) is 75.8 cm³/mol. The third-order valence-corrected chi connectivity index (χ3v) is 4.16. The van der Waals surface area contributed by atoms with Gasteiger partial charge in [0.1, 0.15) is 5.82 Å². The van der Waals surface area contributed by atoms with Crippen LogP contribution in [0.5, 0.6) is 0 Å². The lowest BCUT2D eigenvalue weighted by Crippen LogP contribution is -2.25. The number of aryl methyl sites for hydroxylation is 2. The quantitative estimate of drug-likeness (QED) is 0.895. The maximum absolute atomic E-state index is 5.76. The van der Waals surface area contributed by atoms with Crippen LogP contribution in [0.15, 0.2) is 18.2 Å². The molecule has 4 heteroatoms. The van der Waals surface area contributed by atoms with E-state index in [0.29, 0.717) is 5.92 Å². The van der Waals surface area contributed by atoms with Crippen LogP contribution >= 0.6 is 0 Å². The topological polar surface area (TPSA) is 56.7 Å². The van der Waals surface area contributed by atoms with Crippen LogP contribution in [-0.4, -0.2) is 21.3 Å². The first-order chi connectivity index (χ1) is 9.19. The number of nitrogens with zero attached hydrogens (tertiary/aromatic N) is 3. The minimum Gasteiger partial charge on any atom is -0.330 e. The number of aromatic nitrogens is 3. The first kappa shape index (κ1) is 12.4. The highest BCUT2D eigenvalue weighted by molar-refractivity contribution is 5.57. The van der Waals surface area contributed by atoms with E-state index in [1.165, 1.54) is 11.1 Å². The molecule has 0 saturated heterocycles. The van der Waals surface area contributed by atoms with Crippen LogP contribution < -0.4 is 5.73 Å². The SMILES string of the molecule is Cc1ccc(-c2nnc3n2CCC(CN)C3)cc1C. The van der Waals surface area contributed by atoms with Crippen LogP contribution in [-0.2, 0) is 13.0 Å². The summed E-state index contributed by atoms with van der Waals surface area (Å²) in [5.74, 6) is 2.63. The molecule has 0 aliphatic carbocycles. The fraction of sp³-hybridized carbons (Fsp3) is 0.467. The molecule has 0 fully saturated rings. The largest absolute Gasteiger partial charge is 0.330 e. The van der Waals surface area contributed by atoms with Gasteiger partial charge in [-0.1, -0.05) is 12.1 Å². The van der Waals surface area contributed by atoms with Crippen molar-refractivity contribution in [2.24, 2.45) is 11.7 Å². The Hall–Kier alpha value is -1.68. The fourth-order valence-electron chi connectivity index (χ4n) is 2.69. The molecule has 1 aliphatic rings. The van der Waals surface area contributed by atoms with E-state index in [9.17, 15) is 0 Å². The second kappa shape index (κ2) is 4.78. The van der Waals surface area contributed by atoms with Gasteiger partial charge in [0, 0.05) is 18.5 Å². The molecule has 0 bridgehead atoms. The second-order valence-electron chi connectivity index (χ2n) is 5.49. The Kier molecular flexibility index (Phi) is 3.11. The normalized spacial score (nSPS) is 18.4. The summed E-state index contributed by atoms with van der Waals surface area (Å²) in [5, 5.41) is 8.72. The summed E-state index contributed by atoms with van der Waals surface area (Å²) >= 11 is 0. The molecule has 1 unspecified atom stereocenters. The summed E-state index contributed by atoms with van der Waals surface area (Å²) in [6.07, 6.45) is 2.08. The van der Waals surface area contributed by atoms with Crippen LogP contribution in [0, 0.1) is 19.8 Å². The van der Waals surface area contributed by atoms with Gasteiger partial charge in [-0.25, -0.2) is 0 Å². The lowest BCUT2D eigenvalue weighted by molar-refractivity contribution is 0.391. The van der Waals surface area contributed by atoms with Gasteiger partial charge in [0.2, 0.25) is 0 Å². The summed E-state index contributed by atoms with van der Waals surface area (Å²) < 4.78 is 2.25. The molecule has 19 heavy (non-hydrogen) atoms. The van der Waals surface area contributed by atoms with Crippen molar-refractivity contribution < 1.29 is 0 Å². The molecule has 2 aromatic rings. The van der Waals surface area contributed by atoms with Crippen molar-refractivity contribution in [3.8, 4) is 11.4 Å². The van der Waals surface area contributed by atoms with Gasteiger partial charge in [0.15, 0.2) is 5.82 Å². The average molecular weight is 256 g/mol. The summed E-state index contributed by atoms with van der Waals surface area (Å²) in [6.45, 7) is 5.99. The third kappa shape index (κ3) is 2.16. The summed E-state index contributed by atoms with van der Waals surface area (Å²) in [4.78, 5) is 0. The Balaban J connectivity index is 1.99. The number of hydrogen-bond donors (Lipinski definition) is 1. The van der Waals surface area contributed by atoms with Crippen molar-refractivity contribution in [3.05, 3.63) is 35.2 Å². The van der Waals surface area contributed by atoms with Gasteiger partial charge in [0.05, 0.1) is 0 Å². The van der Waals surface area contributed by atoms with E-state index in [-0.39, 0.29) is 0 Å². The molecule has 0 amide bonds. The third-order valence-electron chi connectivity index (χ3n) is 4.16. The molecule has 0 radical (unpaired) electrons. The number of hydrogen-bond acceptors (Lipinski definition) is 3. The van der Waals surface area contributed by atoms with E-state index < -0.39 is 0 Å². The highest BCUT2D eigenvalue weighted by Crippen LogP contribution is 2.26. The van der Waals surface area contributed by atoms with E-state index in [1.807, 2.05) is 0 Å². The minimum atomic E-state index is 0.560. The Morgan fingerprint density at radius 1 is 1.26 bits per heavy atom. The number of benzene rings is 1. The molecule has 1 aromatic carbocycles.